The number of alkyl halides is 3. The highest BCUT2D eigenvalue weighted by Crippen LogP contribution is 2.47. The van der Waals surface area contributed by atoms with Crippen molar-refractivity contribution in [3.8, 4) is 0 Å². The molecule has 1 saturated carbocycles. The Bertz CT molecular complexity index is 993. The van der Waals surface area contributed by atoms with Crippen molar-refractivity contribution < 1.29 is 26.0 Å². The van der Waals surface area contributed by atoms with Crippen LogP contribution in [0.1, 0.15) is 51.0 Å². The van der Waals surface area contributed by atoms with Crippen molar-refractivity contribution in [3.63, 3.8) is 0 Å². The number of benzene rings is 1. The number of nitrogens with zero attached hydrogens (tertiary/aromatic N) is 2. The normalized spacial score (nSPS) is 17.0. The zero-order valence-corrected chi connectivity index (χ0v) is 17.8. The van der Waals surface area contributed by atoms with Gasteiger partial charge in [-0.1, -0.05) is 20.8 Å². The Morgan fingerprint density at radius 3 is 2.32 bits per heavy atom. The fraction of sp³-hybridized carbons (Fsp3) is 0.529. The van der Waals surface area contributed by atoms with Crippen LogP contribution in [0.2, 0.25) is 0 Å². The Morgan fingerprint density at radius 2 is 1.86 bits per heavy atom. The van der Waals surface area contributed by atoms with Crippen LogP contribution in [0.5, 0.6) is 0 Å². The summed E-state index contributed by atoms with van der Waals surface area (Å²) in [6, 6.07) is 2.41. The summed E-state index contributed by atoms with van der Waals surface area (Å²) in [6.45, 7) is 5.80. The molecular formula is C17H19BrF3N3O3S. The first-order valence-corrected chi connectivity index (χ1v) is 10.7. The van der Waals surface area contributed by atoms with Crippen molar-refractivity contribution in [3.05, 3.63) is 40.0 Å². The summed E-state index contributed by atoms with van der Waals surface area (Å²) in [5, 5.41) is 8.10. The number of sulfonamides is 1. The number of halogens is 4. The van der Waals surface area contributed by atoms with Gasteiger partial charge >= 0.3 is 6.18 Å². The molecule has 1 aliphatic carbocycles. The van der Waals surface area contributed by atoms with Gasteiger partial charge < -0.3 is 4.42 Å². The second kappa shape index (κ2) is 6.81. The van der Waals surface area contributed by atoms with Crippen LogP contribution < -0.4 is 4.72 Å². The molecule has 0 spiro atoms. The van der Waals surface area contributed by atoms with Crippen molar-refractivity contribution in [2.24, 2.45) is 0 Å². The van der Waals surface area contributed by atoms with E-state index in [-0.39, 0.29) is 21.3 Å². The predicted octanol–water partition coefficient (Wildman–Crippen LogP) is 4.16. The van der Waals surface area contributed by atoms with Gasteiger partial charge in [0.1, 0.15) is 0 Å². The highest BCUT2D eigenvalue weighted by molar-refractivity contribution is 9.10. The van der Waals surface area contributed by atoms with Crippen LogP contribution in [-0.4, -0.2) is 25.2 Å². The van der Waals surface area contributed by atoms with Crippen LogP contribution in [0.25, 0.3) is 0 Å². The van der Waals surface area contributed by atoms with Gasteiger partial charge in [-0.05, 0) is 47.0 Å². The Balaban J connectivity index is 1.78. The first kappa shape index (κ1) is 21.3. The van der Waals surface area contributed by atoms with Gasteiger partial charge in [-0.2, -0.15) is 13.2 Å². The zero-order chi connectivity index (χ0) is 21.0. The van der Waals surface area contributed by atoms with Gasteiger partial charge in [-0.25, -0.2) is 13.1 Å². The van der Waals surface area contributed by atoms with Gasteiger partial charge in [-0.3, -0.25) is 0 Å². The summed E-state index contributed by atoms with van der Waals surface area (Å²) in [6.07, 6.45) is -3.20. The summed E-state index contributed by atoms with van der Waals surface area (Å²) < 4.78 is 71.5. The van der Waals surface area contributed by atoms with E-state index >= 15 is 0 Å². The fourth-order valence-corrected chi connectivity index (χ4v) is 4.77. The SMILES string of the molecule is CC(C)(C)c1nnc(C2(CNS(=O)(=O)c3ccc(C(F)(F)F)cc3Br)CC2)o1. The monoisotopic (exact) mass is 481 g/mol. The lowest BCUT2D eigenvalue weighted by atomic mass is 9.97. The average Bonchev–Trinajstić information content (AvgIpc) is 3.17. The maximum atomic E-state index is 12.8. The molecular weight excluding hydrogens is 463 g/mol. The second-order valence-corrected chi connectivity index (χ2v) is 10.5. The van der Waals surface area contributed by atoms with E-state index in [2.05, 4.69) is 30.8 Å². The molecule has 28 heavy (non-hydrogen) atoms. The van der Waals surface area contributed by atoms with Crippen LogP contribution >= 0.6 is 15.9 Å². The molecule has 0 radical (unpaired) electrons. The van der Waals surface area contributed by atoms with E-state index < -0.39 is 27.2 Å². The molecule has 1 aliphatic rings. The van der Waals surface area contributed by atoms with Crippen molar-refractivity contribution in [1.82, 2.24) is 14.9 Å². The van der Waals surface area contributed by atoms with Crippen LogP contribution in [0.4, 0.5) is 13.2 Å². The molecule has 3 rings (SSSR count). The van der Waals surface area contributed by atoms with E-state index in [0.29, 0.717) is 24.6 Å². The van der Waals surface area contributed by atoms with Crippen LogP contribution in [0, 0.1) is 0 Å². The fourth-order valence-electron chi connectivity index (χ4n) is 2.56. The van der Waals surface area contributed by atoms with E-state index in [4.69, 9.17) is 4.42 Å². The molecule has 0 saturated heterocycles. The molecule has 11 heteroatoms. The summed E-state index contributed by atoms with van der Waals surface area (Å²) >= 11 is 2.92. The van der Waals surface area contributed by atoms with Crippen LogP contribution in [0.15, 0.2) is 32.0 Å². The number of rotatable bonds is 5. The predicted molar refractivity (Wildman–Crippen MR) is 98.2 cm³/mol. The molecule has 154 valence electrons. The van der Waals surface area contributed by atoms with Gasteiger partial charge in [-0.15, -0.1) is 10.2 Å². The third-order valence-corrected chi connectivity index (χ3v) is 6.90. The first-order valence-electron chi connectivity index (χ1n) is 8.46. The van der Waals surface area contributed by atoms with E-state index in [1.54, 1.807) is 0 Å². The van der Waals surface area contributed by atoms with Gasteiger partial charge in [0.2, 0.25) is 21.8 Å². The summed E-state index contributed by atoms with van der Waals surface area (Å²) in [4.78, 5) is -0.266. The molecule has 1 aromatic carbocycles. The van der Waals surface area contributed by atoms with Gasteiger partial charge in [0, 0.05) is 16.4 Å². The minimum absolute atomic E-state index is 0.0224. The number of nitrogens with one attached hydrogen (secondary N) is 1. The van der Waals surface area contributed by atoms with Gasteiger partial charge in [0.25, 0.3) is 0 Å². The standard InChI is InChI=1S/C17H19BrF3N3O3S/c1-15(2,3)13-23-24-14(27-13)16(6-7-16)9-22-28(25,26)12-5-4-10(8-11(12)18)17(19,20)21/h4-5,8,22H,6-7,9H2,1-3H3. The highest BCUT2D eigenvalue weighted by atomic mass is 79.9. The van der Waals surface area contributed by atoms with E-state index in [9.17, 15) is 21.6 Å². The van der Waals surface area contributed by atoms with E-state index in [1.807, 2.05) is 20.8 Å². The molecule has 1 heterocycles. The van der Waals surface area contributed by atoms with Crippen molar-refractivity contribution in [2.75, 3.05) is 6.54 Å². The molecule has 6 nitrogen and oxygen atoms in total. The summed E-state index contributed by atoms with van der Waals surface area (Å²) in [7, 11) is -4.03. The Labute approximate surface area is 169 Å². The number of aromatic nitrogens is 2. The average molecular weight is 482 g/mol. The molecule has 0 bridgehead atoms. The molecule has 1 N–H and O–H groups in total. The minimum Gasteiger partial charge on any atom is -0.424 e. The van der Waals surface area contributed by atoms with Crippen LogP contribution in [-0.2, 0) is 27.0 Å². The first-order chi connectivity index (χ1) is 12.7. The maximum Gasteiger partial charge on any atom is 0.416 e. The smallest absolute Gasteiger partial charge is 0.416 e. The number of hydrogen-bond donors (Lipinski definition) is 1. The minimum atomic E-state index is -4.56. The van der Waals surface area contributed by atoms with Gasteiger partial charge in [0.15, 0.2) is 0 Å². The Kier molecular flexibility index (Phi) is 5.17. The summed E-state index contributed by atoms with van der Waals surface area (Å²) in [5.41, 5.74) is -1.84. The maximum absolute atomic E-state index is 12.8. The summed E-state index contributed by atoms with van der Waals surface area (Å²) in [5.74, 6) is 0.828. The zero-order valence-electron chi connectivity index (χ0n) is 15.4. The van der Waals surface area contributed by atoms with E-state index in [1.165, 1.54) is 0 Å². The molecule has 1 aromatic heterocycles. The molecule has 0 amide bonds. The van der Waals surface area contributed by atoms with Crippen molar-refractivity contribution >= 4 is 26.0 Å². The third-order valence-electron chi connectivity index (χ3n) is 4.52. The molecule has 2 aromatic rings. The molecule has 0 unspecified atom stereocenters. The largest absolute Gasteiger partial charge is 0.424 e. The van der Waals surface area contributed by atoms with Crippen molar-refractivity contribution in [1.29, 1.82) is 0 Å². The van der Waals surface area contributed by atoms with Crippen molar-refractivity contribution in [2.45, 2.75) is 55.5 Å². The second-order valence-electron chi connectivity index (χ2n) is 7.91. The third kappa shape index (κ3) is 4.25. The topological polar surface area (TPSA) is 85.1 Å². The highest BCUT2D eigenvalue weighted by Gasteiger charge is 2.50. The lowest BCUT2D eigenvalue weighted by molar-refractivity contribution is -0.137. The lowest BCUT2D eigenvalue weighted by Gasteiger charge is -2.15. The van der Waals surface area contributed by atoms with Crippen LogP contribution in [0.3, 0.4) is 0 Å². The Hall–Kier alpha value is -1.46. The molecule has 1 fully saturated rings. The quantitative estimate of drug-likeness (QED) is 0.692. The van der Waals surface area contributed by atoms with Gasteiger partial charge in [0.05, 0.1) is 15.9 Å². The molecule has 0 aliphatic heterocycles. The molecule has 0 atom stereocenters. The number of hydrogen-bond acceptors (Lipinski definition) is 5. The lowest BCUT2D eigenvalue weighted by Crippen LogP contribution is -2.32. The van der Waals surface area contributed by atoms with E-state index in [0.717, 1.165) is 18.2 Å². The Morgan fingerprint density at radius 1 is 1.21 bits per heavy atom.